The monoisotopic (exact) mass is 212 g/mol. The first-order valence-electron chi connectivity index (χ1n) is 4.73. The van der Waals surface area contributed by atoms with Crippen molar-refractivity contribution in [1.82, 2.24) is 0 Å². The van der Waals surface area contributed by atoms with Gasteiger partial charge in [0.2, 0.25) is 0 Å². The molecule has 0 amide bonds. The van der Waals surface area contributed by atoms with Gasteiger partial charge in [0, 0.05) is 16.0 Å². The Morgan fingerprint density at radius 1 is 1.43 bits per heavy atom. The standard InChI is InChI=1S/C11H13ClO2/c1-7(13)11(4-5-11)9-3-2-8(12)6-10(9)14/h2-3,6-7,13-14H,4-5H2,1H3. The number of aliphatic hydroxyl groups is 1. The van der Waals surface area contributed by atoms with E-state index in [2.05, 4.69) is 0 Å². The maximum Gasteiger partial charge on any atom is 0.120 e. The summed E-state index contributed by atoms with van der Waals surface area (Å²) in [6.45, 7) is 1.76. The number of phenols is 1. The third-order valence-corrected chi connectivity index (χ3v) is 3.32. The molecule has 1 saturated carbocycles. The molecule has 2 nitrogen and oxygen atoms in total. The molecule has 0 radical (unpaired) electrons. The van der Waals surface area contributed by atoms with E-state index in [1.807, 2.05) is 0 Å². The molecule has 2 N–H and O–H groups in total. The zero-order valence-electron chi connectivity index (χ0n) is 8.00. The summed E-state index contributed by atoms with van der Waals surface area (Å²) in [7, 11) is 0. The molecule has 76 valence electrons. The minimum absolute atomic E-state index is 0.191. The topological polar surface area (TPSA) is 40.5 Å². The van der Waals surface area contributed by atoms with Crippen molar-refractivity contribution in [3.8, 4) is 5.75 Å². The second kappa shape index (κ2) is 3.14. The summed E-state index contributed by atoms with van der Waals surface area (Å²) < 4.78 is 0. The van der Waals surface area contributed by atoms with Crippen molar-refractivity contribution in [3.05, 3.63) is 28.8 Å². The molecule has 3 heteroatoms. The molecule has 0 aromatic heterocycles. The number of benzene rings is 1. The highest BCUT2D eigenvalue weighted by Gasteiger charge is 2.49. The molecule has 14 heavy (non-hydrogen) atoms. The number of hydrogen-bond donors (Lipinski definition) is 2. The molecule has 0 aliphatic heterocycles. The fourth-order valence-corrected chi connectivity index (χ4v) is 2.14. The molecule has 1 aliphatic rings. The van der Waals surface area contributed by atoms with Gasteiger partial charge in [0.25, 0.3) is 0 Å². The van der Waals surface area contributed by atoms with Crippen LogP contribution >= 0.6 is 11.6 Å². The van der Waals surface area contributed by atoms with Gasteiger partial charge in [0.05, 0.1) is 6.10 Å². The highest BCUT2D eigenvalue weighted by molar-refractivity contribution is 6.30. The summed E-state index contributed by atoms with van der Waals surface area (Å²) in [5.74, 6) is 0.191. The van der Waals surface area contributed by atoms with E-state index in [9.17, 15) is 10.2 Å². The van der Waals surface area contributed by atoms with Gasteiger partial charge in [-0.3, -0.25) is 0 Å². The van der Waals surface area contributed by atoms with Crippen LogP contribution in [0.4, 0.5) is 0 Å². The van der Waals surface area contributed by atoms with Gasteiger partial charge < -0.3 is 10.2 Å². The molecular weight excluding hydrogens is 200 g/mol. The van der Waals surface area contributed by atoms with Gasteiger partial charge in [-0.1, -0.05) is 17.7 Å². The number of rotatable bonds is 2. The molecule has 1 fully saturated rings. The van der Waals surface area contributed by atoms with Crippen molar-refractivity contribution in [2.75, 3.05) is 0 Å². The average molecular weight is 213 g/mol. The maximum atomic E-state index is 9.72. The quantitative estimate of drug-likeness (QED) is 0.791. The van der Waals surface area contributed by atoms with Crippen molar-refractivity contribution in [2.24, 2.45) is 0 Å². The number of phenolic OH excluding ortho intramolecular Hbond substituents is 1. The van der Waals surface area contributed by atoms with E-state index in [1.165, 1.54) is 6.07 Å². The van der Waals surface area contributed by atoms with Crippen LogP contribution in [0.2, 0.25) is 5.02 Å². The Morgan fingerprint density at radius 2 is 2.07 bits per heavy atom. The Labute approximate surface area is 88.1 Å². The zero-order valence-corrected chi connectivity index (χ0v) is 8.75. The van der Waals surface area contributed by atoms with Gasteiger partial charge in [-0.25, -0.2) is 0 Å². The Bertz CT molecular complexity index is 356. The van der Waals surface area contributed by atoms with Crippen molar-refractivity contribution in [3.63, 3.8) is 0 Å². The van der Waals surface area contributed by atoms with E-state index in [-0.39, 0.29) is 11.2 Å². The van der Waals surface area contributed by atoms with Gasteiger partial charge in [0.15, 0.2) is 0 Å². The van der Waals surface area contributed by atoms with Crippen LogP contribution in [0, 0.1) is 0 Å². The van der Waals surface area contributed by atoms with Gasteiger partial charge in [-0.2, -0.15) is 0 Å². The van der Waals surface area contributed by atoms with Crippen LogP contribution < -0.4 is 0 Å². The van der Waals surface area contributed by atoms with E-state index in [1.54, 1.807) is 19.1 Å². The molecule has 1 atom stereocenters. The van der Waals surface area contributed by atoms with Crippen molar-refractivity contribution in [1.29, 1.82) is 0 Å². The Balaban J connectivity index is 2.42. The van der Waals surface area contributed by atoms with Crippen LogP contribution in [0.15, 0.2) is 18.2 Å². The second-order valence-corrected chi connectivity index (χ2v) is 4.43. The molecular formula is C11H13ClO2. The lowest BCUT2D eigenvalue weighted by molar-refractivity contribution is 0.149. The van der Waals surface area contributed by atoms with E-state index < -0.39 is 6.10 Å². The minimum atomic E-state index is -0.422. The fourth-order valence-electron chi connectivity index (χ4n) is 1.97. The molecule has 0 saturated heterocycles. The van der Waals surface area contributed by atoms with Crippen molar-refractivity contribution in [2.45, 2.75) is 31.3 Å². The fraction of sp³-hybridized carbons (Fsp3) is 0.455. The van der Waals surface area contributed by atoms with Crippen LogP contribution in [0.25, 0.3) is 0 Å². The van der Waals surface area contributed by atoms with Gasteiger partial charge in [0.1, 0.15) is 5.75 Å². The summed E-state index contributed by atoms with van der Waals surface area (Å²) in [5, 5.41) is 19.9. The Kier molecular flexibility index (Phi) is 2.20. The Morgan fingerprint density at radius 3 is 2.50 bits per heavy atom. The normalized spacial score (nSPS) is 20.5. The first-order chi connectivity index (χ1) is 6.56. The molecule has 0 bridgehead atoms. The van der Waals surface area contributed by atoms with Gasteiger partial charge in [-0.05, 0) is 31.9 Å². The van der Waals surface area contributed by atoms with Crippen LogP contribution in [-0.2, 0) is 5.41 Å². The molecule has 1 aromatic rings. The van der Waals surface area contributed by atoms with E-state index in [0.717, 1.165) is 18.4 Å². The zero-order chi connectivity index (χ0) is 10.3. The van der Waals surface area contributed by atoms with E-state index in [0.29, 0.717) is 5.02 Å². The first-order valence-corrected chi connectivity index (χ1v) is 5.11. The summed E-state index contributed by atoms with van der Waals surface area (Å²) in [6, 6.07) is 5.08. The smallest absolute Gasteiger partial charge is 0.120 e. The highest BCUT2D eigenvalue weighted by atomic mass is 35.5. The lowest BCUT2D eigenvalue weighted by atomic mass is 9.90. The van der Waals surface area contributed by atoms with E-state index in [4.69, 9.17) is 11.6 Å². The SMILES string of the molecule is CC(O)C1(c2ccc(Cl)cc2O)CC1. The number of hydrogen-bond acceptors (Lipinski definition) is 2. The summed E-state index contributed by atoms with van der Waals surface area (Å²) >= 11 is 5.74. The van der Waals surface area contributed by atoms with Gasteiger partial charge in [-0.15, -0.1) is 0 Å². The first kappa shape index (κ1) is 9.81. The molecule has 0 spiro atoms. The van der Waals surface area contributed by atoms with Gasteiger partial charge >= 0.3 is 0 Å². The average Bonchev–Trinajstić information content (AvgIpc) is 2.84. The number of halogens is 1. The lowest BCUT2D eigenvalue weighted by Crippen LogP contribution is -2.22. The molecule has 2 rings (SSSR count). The number of aliphatic hydroxyl groups excluding tert-OH is 1. The second-order valence-electron chi connectivity index (χ2n) is 3.99. The van der Waals surface area contributed by atoms with Crippen molar-refractivity contribution < 1.29 is 10.2 Å². The Hall–Kier alpha value is -0.730. The minimum Gasteiger partial charge on any atom is -0.508 e. The van der Waals surface area contributed by atoms with Crippen LogP contribution in [-0.4, -0.2) is 16.3 Å². The molecule has 1 unspecified atom stereocenters. The van der Waals surface area contributed by atoms with Crippen LogP contribution in [0.1, 0.15) is 25.3 Å². The van der Waals surface area contributed by atoms with Crippen LogP contribution in [0.3, 0.4) is 0 Å². The third-order valence-electron chi connectivity index (χ3n) is 3.08. The van der Waals surface area contributed by atoms with Crippen LogP contribution in [0.5, 0.6) is 5.75 Å². The maximum absolute atomic E-state index is 9.72. The predicted octanol–water partition coefficient (Wildman–Crippen LogP) is 2.46. The highest BCUT2D eigenvalue weighted by Crippen LogP contribution is 2.53. The molecule has 1 aromatic carbocycles. The summed E-state index contributed by atoms with van der Waals surface area (Å²) in [5.41, 5.74) is 0.589. The number of aromatic hydroxyl groups is 1. The molecule has 0 heterocycles. The predicted molar refractivity (Wildman–Crippen MR) is 55.7 cm³/mol. The van der Waals surface area contributed by atoms with E-state index >= 15 is 0 Å². The summed E-state index contributed by atoms with van der Waals surface area (Å²) in [6.07, 6.45) is 1.44. The van der Waals surface area contributed by atoms with Crippen molar-refractivity contribution >= 4 is 11.6 Å². The largest absolute Gasteiger partial charge is 0.508 e. The summed E-state index contributed by atoms with van der Waals surface area (Å²) in [4.78, 5) is 0. The third kappa shape index (κ3) is 1.39. The molecule has 1 aliphatic carbocycles. The lowest BCUT2D eigenvalue weighted by Gasteiger charge is -2.20.